The maximum atomic E-state index is 11.4. The molecule has 0 N–H and O–H groups in total. The first kappa shape index (κ1) is 55.5. The second kappa shape index (κ2) is 23.4. The molecule has 0 aliphatic carbocycles. The van der Waals surface area contributed by atoms with Gasteiger partial charge in [0, 0.05) is 100 Å². The van der Waals surface area contributed by atoms with E-state index in [1.54, 1.807) is 74.1 Å². The predicted molar refractivity (Wildman–Crippen MR) is 317 cm³/mol. The maximum Gasteiger partial charge on any atom is 0.270 e. The first-order valence-corrected chi connectivity index (χ1v) is 27.0. The third-order valence-corrected chi connectivity index (χ3v) is 17.3. The summed E-state index contributed by atoms with van der Waals surface area (Å²) >= 11 is 42.7. The molecule has 20 heteroatoms. The summed E-state index contributed by atoms with van der Waals surface area (Å²) in [7, 11) is 0. The predicted octanol–water partition coefficient (Wildman–Crippen LogP) is 20.8. The summed E-state index contributed by atoms with van der Waals surface area (Å²) in [5, 5.41) is 51.1. The molecule has 0 saturated heterocycles. The lowest BCUT2D eigenvalue weighted by atomic mass is 10.00. The minimum absolute atomic E-state index is 0.0268. The fourth-order valence-corrected chi connectivity index (χ4v) is 13.0. The lowest BCUT2D eigenvalue weighted by Crippen LogP contribution is -1.93. The number of fused-ring (bicyclic) bond motifs is 2. The van der Waals surface area contributed by atoms with E-state index in [0.29, 0.717) is 74.4 Å². The van der Waals surface area contributed by atoms with Gasteiger partial charge in [-0.2, -0.15) is 0 Å². The number of rotatable bonds is 12. The zero-order valence-electron chi connectivity index (χ0n) is 40.3. The van der Waals surface area contributed by atoms with Crippen molar-refractivity contribution in [1.82, 2.24) is 0 Å². The van der Waals surface area contributed by atoms with Crippen molar-refractivity contribution >= 4 is 137 Å². The summed E-state index contributed by atoms with van der Waals surface area (Å²) in [6.45, 7) is 3.51. The molecule has 0 radical (unpaired) electrons. The van der Waals surface area contributed by atoms with Crippen molar-refractivity contribution in [2.45, 2.75) is 33.4 Å². The van der Waals surface area contributed by atoms with Crippen LogP contribution in [0.15, 0.2) is 189 Å². The monoisotopic (exact) mass is 1190 g/mol. The third-order valence-electron chi connectivity index (χ3n) is 12.6. The van der Waals surface area contributed by atoms with E-state index in [2.05, 4.69) is 0 Å². The molecule has 0 aliphatic heterocycles. The van der Waals surface area contributed by atoms with E-state index in [9.17, 15) is 40.5 Å². The molecule has 0 heterocycles. The summed E-state index contributed by atoms with van der Waals surface area (Å²) < 4.78 is 0. The summed E-state index contributed by atoms with van der Waals surface area (Å²) in [4.78, 5) is 46.3. The molecular formula is C58H34Cl6N4O8S2. The zero-order valence-corrected chi connectivity index (χ0v) is 46.5. The van der Waals surface area contributed by atoms with E-state index in [-0.39, 0.29) is 32.8 Å². The topological polar surface area (TPSA) is 173 Å². The van der Waals surface area contributed by atoms with Crippen LogP contribution < -0.4 is 0 Å². The fraction of sp³-hybridized carbons (Fsp3) is 0.0345. The van der Waals surface area contributed by atoms with Crippen LogP contribution in [0.1, 0.15) is 11.1 Å². The van der Waals surface area contributed by atoms with Crippen molar-refractivity contribution in [2.24, 2.45) is 0 Å². The molecule has 10 rings (SSSR count). The van der Waals surface area contributed by atoms with Crippen molar-refractivity contribution in [1.29, 1.82) is 0 Å². The molecule has 0 bridgehead atoms. The van der Waals surface area contributed by atoms with Gasteiger partial charge >= 0.3 is 0 Å². The smallest absolute Gasteiger partial charge is 0.258 e. The van der Waals surface area contributed by atoms with Gasteiger partial charge in [-0.1, -0.05) is 166 Å². The van der Waals surface area contributed by atoms with Gasteiger partial charge in [0.1, 0.15) is 0 Å². The lowest BCUT2D eigenvalue weighted by molar-refractivity contribution is -0.385. The van der Waals surface area contributed by atoms with E-state index in [1.165, 1.54) is 60.3 Å². The Kier molecular flexibility index (Phi) is 16.6. The van der Waals surface area contributed by atoms with E-state index in [1.807, 2.05) is 72.8 Å². The molecule has 0 aliphatic rings. The Bertz CT molecular complexity index is 3890. The second-order valence-corrected chi connectivity index (χ2v) is 21.8. The van der Waals surface area contributed by atoms with Crippen LogP contribution in [-0.4, -0.2) is 19.7 Å². The van der Waals surface area contributed by atoms with E-state index >= 15 is 0 Å². The number of aryl methyl sites for hydroxylation is 2. The number of benzene rings is 10. The Balaban J connectivity index is 0.000000191. The van der Waals surface area contributed by atoms with Gasteiger partial charge in [-0.25, -0.2) is 0 Å². The maximum absolute atomic E-state index is 11.4. The second-order valence-electron chi connectivity index (χ2n) is 17.4. The highest BCUT2D eigenvalue weighted by molar-refractivity contribution is 8.00. The summed E-state index contributed by atoms with van der Waals surface area (Å²) in [6, 6.07) is 48.8. The van der Waals surface area contributed by atoms with Gasteiger partial charge in [0.2, 0.25) is 0 Å². The number of non-ortho nitro benzene ring substituents is 4. The Morgan fingerprint density at radius 3 is 1.03 bits per heavy atom. The third kappa shape index (κ3) is 11.4. The number of nitro benzene ring substituents is 4. The van der Waals surface area contributed by atoms with Crippen LogP contribution in [0.5, 0.6) is 0 Å². The number of hydrogen-bond donors (Lipinski definition) is 0. The SMILES string of the molecule is Cc1cc([N+](=O)[O-])ccc1-c1c(Cl)ccc(Sc2ccc(Cl)c(-c3ccc([N+](=O)[O-])cc3C)c2Cl)c1Cl.O=[N+]([O-])c1ccc(-c2ccc3ccccc3c2Sc2c(-c3ccc([N+](=O)[O-])cc3Cl)ccc3ccccc23)c(Cl)c1. The molecule has 0 spiro atoms. The zero-order chi connectivity index (χ0) is 55.7. The molecule has 10 aromatic carbocycles. The molecule has 10 aromatic rings. The summed E-state index contributed by atoms with van der Waals surface area (Å²) in [6.07, 6.45) is 0. The largest absolute Gasteiger partial charge is 0.270 e. The Morgan fingerprint density at radius 1 is 0.346 bits per heavy atom. The van der Waals surface area contributed by atoms with Crippen molar-refractivity contribution in [3.63, 3.8) is 0 Å². The number of halogens is 6. The molecule has 12 nitrogen and oxygen atoms in total. The Hall–Kier alpha value is -7.24. The van der Waals surface area contributed by atoms with Gasteiger partial charge in [0.05, 0.1) is 39.8 Å². The molecule has 0 saturated carbocycles. The van der Waals surface area contributed by atoms with E-state index in [4.69, 9.17) is 69.6 Å². The van der Waals surface area contributed by atoms with Crippen LogP contribution in [0.4, 0.5) is 22.7 Å². The van der Waals surface area contributed by atoms with Crippen LogP contribution in [0.2, 0.25) is 30.1 Å². The van der Waals surface area contributed by atoms with Crippen molar-refractivity contribution in [3.05, 3.63) is 252 Å². The van der Waals surface area contributed by atoms with Gasteiger partial charge < -0.3 is 0 Å². The molecule has 0 aromatic heterocycles. The number of nitro groups is 4. The fourth-order valence-electron chi connectivity index (χ4n) is 8.82. The highest BCUT2D eigenvalue weighted by atomic mass is 35.5. The van der Waals surface area contributed by atoms with E-state index < -0.39 is 19.7 Å². The average molecular weight is 1190 g/mol. The Labute approximate surface area is 483 Å². The lowest BCUT2D eigenvalue weighted by Gasteiger charge is -2.18. The van der Waals surface area contributed by atoms with Crippen LogP contribution in [-0.2, 0) is 0 Å². The van der Waals surface area contributed by atoms with Gasteiger partial charge in [-0.15, -0.1) is 0 Å². The van der Waals surface area contributed by atoms with Crippen LogP contribution in [0, 0.1) is 54.3 Å². The molecule has 78 heavy (non-hydrogen) atoms. The summed E-state index contributed by atoms with van der Waals surface area (Å²) in [5.74, 6) is 0. The highest BCUT2D eigenvalue weighted by Crippen LogP contribution is 2.51. The van der Waals surface area contributed by atoms with Crippen LogP contribution in [0.3, 0.4) is 0 Å². The van der Waals surface area contributed by atoms with Gasteiger partial charge in [0.25, 0.3) is 22.7 Å². The molecule has 388 valence electrons. The van der Waals surface area contributed by atoms with Crippen molar-refractivity contribution in [2.75, 3.05) is 0 Å². The molecular weight excluding hydrogens is 1160 g/mol. The minimum Gasteiger partial charge on any atom is -0.258 e. The summed E-state index contributed by atoms with van der Waals surface area (Å²) in [5.41, 5.74) is 6.51. The molecule has 0 amide bonds. The standard InChI is InChI=1S/C32H18Cl2N2O4S.C26H16Cl4N2O4S/c33-29-17-21(35(37)38)11-15-25(29)27-13-9-19-5-1-3-7-23(19)31(27)41-32-24-8-4-2-6-20(24)10-14-28(32)26-16-12-22(36(39)40)18-30(26)34;1-13-11-15(31(33)34)3-5-17(13)23-19(27)7-9-21(25(23)29)37-22-10-8-20(28)24(26(22)30)18-6-4-16(32(35)36)12-14(18)2/h1-18H;3-12H,1-2H3. The van der Waals surface area contributed by atoms with Gasteiger partial charge in [-0.05, 0) is 117 Å². The first-order valence-electron chi connectivity index (χ1n) is 23.1. The highest BCUT2D eigenvalue weighted by Gasteiger charge is 2.24. The quantitative estimate of drug-likeness (QED) is 0.0846. The van der Waals surface area contributed by atoms with Crippen LogP contribution >= 0.6 is 93.1 Å². The minimum atomic E-state index is -0.470. The number of nitrogens with zero attached hydrogens (tertiary/aromatic N) is 4. The molecule has 0 atom stereocenters. The number of hydrogen-bond acceptors (Lipinski definition) is 10. The molecule has 0 unspecified atom stereocenters. The van der Waals surface area contributed by atoms with Crippen molar-refractivity contribution in [3.8, 4) is 44.5 Å². The van der Waals surface area contributed by atoms with Crippen LogP contribution in [0.25, 0.3) is 66.1 Å². The molecule has 0 fully saturated rings. The van der Waals surface area contributed by atoms with Gasteiger partial charge in [-0.3, -0.25) is 40.5 Å². The van der Waals surface area contributed by atoms with Gasteiger partial charge in [0.15, 0.2) is 0 Å². The normalized spacial score (nSPS) is 11.1. The van der Waals surface area contributed by atoms with Crippen molar-refractivity contribution < 1.29 is 19.7 Å². The Morgan fingerprint density at radius 2 is 0.679 bits per heavy atom. The van der Waals surface area contributed by atoms with E-state index in [0.717, 1.165) is 42.5 Å². The first-order chi connectivity index (χ1) is 37.3. The average Bonchev–Trinajstić information content (AvgIpc) is 3.51.